The first-order chi connectivity index (χ1) is 4.86. The van der Waals surface area contributed by atoms with E-state index in [2.05, 4.69) is 0 Å². The molecule has 0 atom stereocenters. The van der Waals surface area contributed by atoms with E-state index in [1.54, 1.807) is 29.1 Å². The van der Waals surface area contributed by atoms with Crippen molar-refractivity contribution in [3.63, 3.8) is 0 Å². The van der Waals surface area contributed by atoms with E-state index in [4.69, 9.17) is 16.9 Å². The molecule has 2 nitrogen and oxygen atoms in total. The number of rotatable bonds is 1. The van der Waals surface area contributed by atoms with Crippen molar-refractivity contribution in [1.29, 1.82) is 5.26 Å². The smallest absolute Gasteiger partial charge is 0.222 e. The molecule has 1 rings (SSSR count). The number of hydrogen-bond donors (Lipinski definition) is 0. The van der Waals surface area contributed by atoms with Crippen molar-refractivity contribution in [2.75, 3.05) is 0 Å². The minimum absolute atomic E-state index is 0. The third-order valence-corrected chi connectivity index (χ3v) is 1.43. The molecule has 0 bridgehead atoms. The lowest BCUT2D eigenvalue weighted by Crippen LogP contribution is -3.00. The maximum Gasteiger partial charge on any atom is 0.222 e. The van der Waals surface area contributed by atoms with E-state index in [9.17, 15) is 0 Å². The molecule has 0 spiro atoms. The van der Waals surface area contributed by atoms with Crippen LogP contribution in [0.5, 0.6) is 0 Å². The second-order valence-electron chi connectivity index (χ2n) is 1.83. The second-order valence-corrected chi connectivity index (χ2v) is 2.07. The zero-order valence-electron chi connectivity index (χ0n) is 5.67. The van der Waals surface area contributed by atoms with E-state index in [1.165, 1.54) is 0 Å². The first-order valence-electron chi connectivity index (χ1n) is 2.82. The predicted molar refractivity (Wildman–Crippen MR) is 37.2 cm³/mol. The number of nitrogens with zero attached hydrogens (tertiary/aromatic N) is 2. The molecule has 0 aliphatic rings. The summed E-state index contributed by atoms with van der Waals surface area (Å²) in [5, 5.41) is 8.41. The fourth-order valence-electron chi connectivity index (χ4n) is 0.612. The first-order valence-corrected chi connectivity index (χ1v) is 3.35. The average Bonchev–Trinajstić information content (AvgIpc) is 2.05. The Hall–Kier alpha value is -0.780. The van der Waals surface area contributed by atoms with Crippen LogP contribution in [0.15, 0.2) is 24.5 Å². The highest BCUT2D eigenvalue weighted by molar-refractivity contribution is 6.14. The Kier molecular flexibility index (Phi) is 4.60. The van der Waals surface area contributed by atoms with Gasteiger partial charge in [-0.2, -0.15) is 9.83 Å². The van der Waals surface area contributed by atoms with E-state index >= 15 is 0 Å². The monoisotopic (exact) mass is 188 g/mol. The fourth-order valence-corrected chi connectivity index (χ4v) is 0.771. The molecule has 0 saturated carbocycles. The first kappa shape index (κ1) is 10.2. The van der Waals surface area contributed by atoms with E-state index in [0.29, 0.717) is 11.6 Å². The van der Waals surface area contributed by atoms with Gasteiger partial charge in [-0.1, -0.05) is 11.6 Å². The Bertz CT molecular complexity index is 250. The zero-order chi connectivity index (χ0) is 7.40. The molecule has 0 aromatic carbocycles. The largest absolute Gasteiger partial charge is 1.00 e. The lowest BCUT2D eigenvalue weighted by molar-refractivity contribution is -0.678. The zero-order valence-corrected chi connectivity index (χ0v) is 7.18. The minimum Gasteiger partial charge on any atom is -1.00 e. The molecule has 0 amide bonds. The predicted octanol–water partition coefficient (Wildman–Crippen LogP) is -1.95. The maximum absolute atomic E-state index is 8.41. The van der Waals surface area contributed by atoms with Crippen molar-refractivity contribution < 1.29 is 17.0 Å². The highest BCUT2D eigenvalue weighted by Crippen LogP contribution is 1.90. The Morgan fingerprint density at radius 2 is 2.00 bits per heavy atom. The van der Waals surface area contributed by atoms with Crippen LogP contribution in [0.3, 0.4) is 0 Å². The highest BCUT2D eigenvalue weighted by atomic mass is 35.5. The van der Waals surface area contributed by atoms with Crippen LogP contribution in [0.4, 0.5) is 0 Å². The highest BCUT2D eigenvalue weighted by Gasteiger charge is 1.95. The van der Waals surface area contributed by atoms with Crippen molar-refractivity contribution >= 4 is 11.6 Å². The third-order valence-electron chi connectivity index (χ3n) is 1.16. The van der Waals surface area contributed by atoms with Gasteiger partial charge in [-0.05, 0) is 0 Å². The second kappa shape index (κ2) is 4.95. The van der Waals surface area contributed by atoms with E-state index in [-0.39, 0.29) is 12.4 Å². The number of pyridine rings is 1. The normalized spacial score (nSPS) is 8.00. The molecule has 1 heterocycles. The van der Waals surface area contributed by atoms with Crippen molar-refractivity contribution in [2.24, 2.45) is 0 Å². The number of halogens is 2. The van der Waals surface area contributed by atoms with Crippen LogP contribution < -0.4 is 17.0 Å². The van der Waals surface area contributed by atoms with Gasteiger partial charge in [0.2, 0.25) is 6.00 Å². The van der Waals surface area contributed by atoms with Gasteiger partial charge in [0, 0.05) is 12.1 Å². The molecule has 0 fully saturated rings. The van der Waals surface area contributed by atoms with Gasteiger partial charge in [-0.15, -0.1) is 0 Å². The van der Waals surface area contributed by atoms with Gasteiger partial charge in [0.25, 0.3) is 0 Å². The summed E-state index contributed by atoms with van der Waals surface area (Å²) in [4.78, 5) is 0. The van der Waals surface area contributed by atoms with Crippen LogP contribution in [-0.4, -0.2) is 0 Å². The van der Waals surface area contributed by atoms with Gasteiger partial charge in [-0.25, -0.2) is 0 Å². The fraction of sp³-hybridized carbons (Fsp3) is 0.143. The topological polar surface area (TPSA) is 27.7 Å². The SMILES string of the molecule is N#Cc1cc[n+](CCl)cc1.[Cl-]. The van der Waals surface area contributed by atoms with E-state index in [1.807, 2.05) is 6.07 Å². The Morgan fingerprint density at radius 1 is 1.45 bits per heavy atom. The van der Waals surface area contributed by atoms with Crippen molar-refractivity contribution in [3.8, 4) is 6.07 Å². The summed E-state index contributed by atoms with van der Waals surface area (Å²) in [6, 6.07) is 5.89. The summed E-state index contributed by atoms with van der Waals surface area (Å²) in [6.07, 6.45) is 3.54. The lowest BCUT2D eigenvalue weighted by Gasteiger charge is -1.86. The molecule has 1 aromatic rings. The molecule has 0 unspecified atom stereocenters. The van der Waals surface area contributed by atoms with Crippen LogP contribution >= 0.6 is 11.6 Å². The number of aromatic nitrogens is 1. The molecule has 0 aliphatic heterocycles. The quantitative estimate of drug-likeness (QED) is 0.372. The van der Waals surface area contributed by atoms with Gasteiger partial charge >= 0.3 is 0 Å². The number of nitriles is 1. The third kappa shape index (κ3) is 2.75. The molecule has 0 aliphatic carbocycles. The summed E-state index contributed by atoms with van der Waals surface area (Å²) in [5.74, 6) is 0. The van der Waals surface area contributed by atoms with Crippen LogP contribution in [0, 0.1) is 11.3 Å². The summed E-state index contributed by atoms with van der Waals surface area (Å²) < 4.78 is 1.78. The van der Waals surface area contributed by atoms with Crippen molar-refractivity contribution in [2.45, 2.75) is 6.00 Å². The van der Waals surface area contributed by atoms with E-state index in [0.717, 1.165) is 0 Å². The molecule has 1 aromatic heterocycles. The van der Waals surface area contributed by atoms with Crippen LogP contribution in [0.25, 0.3) is 0 Å². The van der Waals surface area contributed by atoms with Gasteiger partial charge in [0.15, 0.2) is 12.4 Å². The Labute approximate surface area is 76.4 Å². The maximum atomic E-state index is 8.41. The van der Waals surface area contributed by atoms with Crippen LogP contribution in [0.1, 0.15) is 5.56 Å². The Balaban J connectivity index is 0.000001000. The van der Waals surface area contributed by atoms with Gasteiger partial charge in [-0.3, -0.25) is 0 Å². The molecular weight excluding hydrogens is 183 g/mol. The summed E-state index contributed by atoms with van der Waals surface area (Å²) in [7, 11) is 0. The van der Waals surface area contributed by atoms with Gasteiger partial charge in [0.05, 0.1) is 11.6 Å². The number of hydrogen-bond acceptors (Lipinski definition) is 1. The molecule has 4 heteroatoms. The van der Waals surface area contributed by atoms with E-state index < -0.39 is 0 Å². The Morgan fingerprint density at radius 3 is 2.36 bits per heavy atom. The molecule has 11 heavy (non-hydrogen) atoms. The minimum atomic E-state index is 0. The lowest BCUT2D eigenvalue weighted by atomic mass is 10.3. The van der Waals surface area contributed by atoms with Crippen LogP contribution in [-0.2, 0) is 6.00 Å². The summed E-state index contributed by atoms with van der Waals surface area (Å²) in [5.41, 5.74) is 0.654. The van der Waals surface area contributed by atoms with Crippen molar-refractivity contribution in [1.82, 2.24) is 0 Å². The average molecular weight is 189 g/mol. The standard InChI is InChI=1S/C7H6ClN2.ClH/c8-6-10-3-1-7(5-9)2-4-10;/h1-4H,6H2;1H/q+1;/p-1. The number of alkyl halides is 1. The molecular formula is C7H6Cl2N2. The van der Waals surface area contributed by atoms with Gasteiger partial charge < -0.3 is 12.4 Å². The van der Waals surface area contributed by atoms with Crippen molar-refractivity contribution in [3.05, 3.63) is 30.1 Å². The molecule has 0 radical (unpaired) electrons. The summed E-state index contributed by atoms with van der Waals surface area (Å²) in [6.45, 7) is 0. The molecule has 0 saturated heterocycles. The van der Waals surface area contributed by atoms with Gasteiger partial charge in [0.1, 0.15) is 0 Å². The molecule has 0 N–H and O–H groups in total. The molecule has 58 valence electrons. The van der Waals surface area contributed by atoms with Crippen LogP contribution in [0.2, 0.25) is 0 Å². The summed E-state index contributed by atoms with van der Waals surface area (Å²) >= 11 is 5.50.